The maximum Gasteiger partial charge on any atom is 0.391 e. The van der Waals surface area contributed by atoms with E-state index < -0.39 is 33.3 Å². The van der Waals surface area contributed by atoms with E-state index in [0.29, 0.717) is 12.8 Å². The van der Waals surface area contributed by atoms with Crippen LogP contribution in [0.1, 0.15) is 38.5 Å². The first kappa shape index (κ1) is 17.5. The SMILES string of the molecule is O=C(CN1CCC(C(F)(F)F)CC1)NS(=O)(=O)C1CCCC1. The fourth-order valence-corrected chi connectivity index (χ4v) is 4.60. The summed E-state index contributed by atoms with van der Waals surface area (Å²) in [5.41, 5.74) is 0. The Balaban J connectivity index is 1.79. The molecule has 1 N–H and O–H groups in total. The fraction of sp³-hybridized carbons (Fsp3) is 0.923. The van der Waals surface area contributed by atoms with Gasteiger partial charge in [0, 0.05) is 0 Å². The van der Waals surface area contributed by atoms with Gasteiger partial charge in [-0.1, -0.05) is 12.8 Å². The first-order chi connectivity index (χ1) is 10.2. The van der Waals surface area contributed by atoms with E-state index >= 15 is 0 Å². The molecule has 2 rings (SSSR count). The summed E-state index contributed by atoms with van der Waals surface area (Å²) in [6.07, 6.45) is -1.51. The van der Waals surface area contributed by atoms with Crippen LogP contribution >= 0.6 is 0 Å². The molecule has 0 spiro atoms. The van der Waals surface area contributed by atoms with E-state index in [0.717, 1.165) is 12.8 Å². The van der Waals surface area contributed by atoms with Crippen molar-refractivity contribution in [2.75, 3.05) is 19.6 Å². The van der Waals surface area contributed by atoms with Crippen molar-refractivity contribution in [2.24, 2.45) is 5.92 Å². The number of sulfonamides is 1. The highest BCUT2D eigenvalue weighted by Crippen LogP contribution is 2.34. The van der Waals surface area contributed by atoms with E-state index in [1.165, 1.54) is 0 Å². The lowest BCUT2D eigenvalue weighted by molar-refractivity contribution is -0.185. The first-order valence-corrected chi connectivity index (χ1v) is 9.06. The van der Waals surface area contributed by atoms with Crippen molar-refractivity contribution in [1.82, 2.24) is 9.62 Å². The number of hydrogen-bond acceptors (Lipinski definition) is 4. The number of amides is 1. The van der Waals surface area contributed by atoms with Gasteiger partial charge >= 0.3 is 6.18 Å². The highest BCUT2D eigenvalue weighted by atomic mass is 32.2. The van der Waals surface area contributed by atoms with E-state index in [4.69, 9.17) is 0 Å². The van der Waals surface area contributed by atoms with Gasteiger partial charge in [-0.05, 0) is 38.8 Å². The van der Waals surface area contributed by atoms with Gasteiger partial charge < -0.3 is 0 Å². The number of halogens is 3. The van der Waals surface area contributed by atoms with Crippen molar-refractivity contribution in [3.8, 4) is 0 Å². The molecule has 22 heavy (non-hydrogen) atoms. The summed E-state index contributed by atoms with van der Waals surface area (Å²) in [6.45, 7) is 0.138. The van der Waals surface area contributed by atoms with Crippen LogP contribution in [-0.2, 0) is 14.8 Å². The highest BCUT2D eigenvalue weighted by Gasteiger charge is 2.41. The fourth-order valence-electron chi connectivity index (χ4n) is 3.09. The Kier molecular flexibility index (Phi) is 5.37. The topological polar surface area (TPSA) is 66.5 Å². The number of carbonyl (C=O) groups is 1. The molecule has 0 aromatic rings. The summed E-state index contributed by atoms with van der Waals surface area (Å²) in [4.78, 5) is 13.4. The molecule has 0 bridgehead atoms. The zero-order valence-electron chi connectivity index (χ0n) is 12.2. The summed E-state index contributed by atoms with van der Waals surface area (Å²) in [5.74, 6) is -1.98. The highest BCUT2D eigenvalue weighted by molar-refractivity contribution is 7.90. The van der Waals surface area contributed by atoms with Crippen LogP contribution in [-0.4, -0.2) is 50.3 Å². The van der Waals surface area contributed by atoms with Crippen LogP contribution in [0.25, 0.3) is 0 Å². The number of alkyl halides is 3. The van der Waals surface area contributed by atoms with Gasteiger partial charge in [-0.25, -0.2) is 8.42 Å². The van der Waals surface area contributed by atoms with Crippen LogP contribution < -0.4 is 4.72 Å². The summed E-state index contributed by atoms with van der Waals surface area (Å²) in [6, 6.07) is 0. The average molecular weight is 342 g/mol. The molecule has 0 radical (unpaired) electrons. The molecule has 1 amide bonds. The van der Waals surface area contributed by atoms with Crippen molar-refractivity contribution in [3.63, 3.8) is 0 Å². The van der Waals surface area contributed by atoms with Gasteiger partial charge in [0.25, 0.3) is 0 Å². The molecule has 1 saturated carbocycles. The van der Waals surface area contributed by atoms with Crippen molar-refractivity contribution in [1.29, 1.82) is 0 Å². The van der Waals surface area contributed by atoms with Crippen LogP contribution in [0.5, 0.6) is 0 Å². The predicted molar refractivity (Wildman–Crippen MR) is 74.5 cm³/mol. The van der Waals surface area contributed by atoms with Gasteiger partial charge in [-0.15, -0.1) is 0 Å². The van der Waals surface area contributed by atoms with Crippen LogP contribution in [0.2, 0.25) is 0 Å². The van der Waals surface area contributed by atoms with Crippen molar-refractivity contribution in [3.05, 3.63) is 0 Å². The number of nitrogens with zero attached hydrogens (tertiary/aromatic N) is 1. The van der Waals surface area contributed by atoms with Crippen LogP contribution in [0, 0.1) is 5.92 Å². The maximum absolute atomic E-state index is 12.5. The second kappa shape index (κ2) is 6.74. The molecule has 1 saturated heterocycles. The standard InChI is InChI=1S/C13H21F3N2O3S/c14-13(15,16)10-5-7-18(8-6-10)9-12(19)17-22(20,21)11-3-1-2-4-11/h10-11H,1-9H2,(H,17,19). The normalized spacial score (nSPS) is 22.9. The Morgan fingerprint density at radius 2 is 1.64 bits per heavy atom. The number of hydrogen-bond donors (Lipinski definition) is 1. The molecular formula is C13H21F3N2O3S. The van der Waals surface area contributed by atoms with Crippen molar-refractivity contribution >= 4 is 15.9 Å². The van der Waals surface area contributed by atoms with Gasteiger partial charge in [0.15, 0.2) is 0 Å². The van der Waals surface area contributed by atoms with Crippen LogP contribution in [0.4, 0.5) is 13.2 Å². The molecule has 1 heterocycles. The molecule has 0 aromatic carbocycles. The van der Waals surface area contributed by atoms with Gasteiger partial charge in [0.2, 0.25) is 15.9 Å². The third-order valence-corrected chi connectivity index (χ3v) is 6.28. The number of piperidine rings is 1. The minimum absolute atomic E-state index is 0.0494. The molecule has 128 valence electrons. The molecule has 2 aliphatic rings. The Labute approximate surface area is 128 Å². The molecular weight excluding hydrogens is 321 g/mol. The summed E-state index contributed by atoms with van der Waals surface area (Å²) < 4.78 is 63.6. The van der Waals surface area contributed by atoms with Crippen molar-refractivity contribution in [2.45, 2.75) is 50.0 Å². The van der Waals surface area contributed by atoms with E-state index in [1.54, 1.807) is 4.90 Å². The minimum Gasteiger partial charge on any atom is -0.294 e. The second-order valence-electron chi connectivity index (χ2n) is 6.07. The Morgan fingerprint density at radius 3 is 2.14 bits per heavy atom. The van der Waals surface area contributed by atoms with Gasteiger partial charge in [-0.2, -0.15) is 13.2 Å². The summed E-state index contributed by atoms with van der Waals surface area (Å²) in [7, 11) is -3.65. The third kappa shape index (κ3) is 4.58. The smallest absolute Gasteiger partial charge is 0.294 e. The van der Waals surface area contributed by atoms with E-state index in [2.05, 4.69) is 4.72 Å². The monoisotopic (exact) mass is 342 g/mol. The molecule has 0 unspecified atom stereocenters. The Morgan fingerprint density at radius 1 is 1.09 bits per heavy atom. The lowest BCUT2D eigenvalue weighted by Crippen LogP contribution is -2.46. The Bertz CT molecular complexity index is 493. The quantitative estimate of drug-likeness (QED) is 0.844. The number of rotatable bonds is 4. The lowest BCUT2D eigenvalue weighted by atomic mass is 9.96. The second-order valence-corrected chi connectivity index (χ2v) is 8.03. The molecule has 0 aromatic heterocycles. The predicted octanol–water partition coefficient (Wildman–Crippen LogP) is 1.65. The molecule has 0 atom stereocenters. The Hall–Kier alpha value is -0.830. The lowest BCUT2D eigenvalue weighted by Gasteiger charge is -2.32. The van der Waals surface area contributed by atoms with Gasteiger partial charge in [0.05, 0.1) is 17.7 Å². The van der Waals surface area contributed by atoms with Crippen molar-refractivity contribution < 1.29 is 26.4 Å². The average Bonchev–Trinajstić information content (AvgIpc) is 2.92. The largest absolute Gasteiger partial charge is 0.391 e. The van der Waals surface area contributed by atoms with Crippen LogP contribution in [0.15, 0.2) is 0 Å². The van der Waals surface area contributed by atoms with E-state index in [-0.39, 0.29) is 32.5 Å². The van der Waals surface area contributed by atoms with Gasteiger partial charge in [-0.3, -0.25) is 14.4 Å². The zero-order valence-corrected chi connectivity index (χ0v) is 13.0. The van der Waals surface area contributed by atoms with E-state index in [1.807, 2.05) is 0 Å². The number of nitrogens with one attached hydrogen (secondary N) is 1. The molecule has 2 fully saturated rings. The van der Waals surface area contributed by atoms with Gasteiger partial charge in [0.1, 0.15) is 0 Å². The maximum atomic E-state index is 12.5. The molecule has 1 aliphatic carbocycles. The molecule has 1 aliphatic heterocycles. The molecule has 9 heteroatoms. The third-order valence-electron chi connectivity index (χ3n) is 4.41. The summed E-state index contributed by atoms with van der Waals surface area (Å²) >= 11 is 0. The number of likely N-dealkylation sites (tertiary alicyclic amines) is 1. The zero-order chi connectivity index (χ0) is 16.4. The molecule has 5 nitrogen and oxygen atoms in total. The van der Waals surface area contributed by atoms with E-state index in [9.17, 15) is 26.4 Å². The van der Waals surface area contributed by atoms with Crippen LogP contribution in [0.3, 0.4) is 0 Å². The first-order valence-electron chi connectivity index (χ1n) is 7.52. The summed E-state index contributed by atoms with van der Waals surface area (Å²) in [5, 5.41) is -0.521. The minimum atomic E-state index is -4.19. The number of carbonyl (C=O) groups excluding carboxylic acids is 1.